The van der Waals surface area contributed by atoms with Crippen LogP contribution in [0.1, 0.15) is 44.0 Å². The molecule has 0 aromatic carbocycles. The van der Waals surface area contributed by atoms with Crippen LogP contribution in [0.4, 0.5) is 13.2 Å². The molecule has 2 aromatic heterocycles. The molecule has 0 fully saturated rings. The molecule has 0 aliphatic heterocycles. The average Bonchev–Trinajstić information content (AvgIpc) is 2.91. The lowest BCUT2D eigenvalue weighted by molar-refractivity contribution is -0.147. The normalized spacial score (nSPS) is 22.4. The fourth-order valence-electron chi connectivity index (χ4n) is 2.43. The second-order valence-corrected chi connectivity index (χ2v) is 4.76. The van der Waals surface area contributed by atoms with E-state index in [0.29, 0.717) is 17.5 Å². The molecule has 102 valence electrons. The summed E-state index contributed by atoms with van der Waals surface area (Å²) in [5, 5.41) is 10.2. The Morgan fingerprint density at radius 1 is 1.58 bits per heavy atom. The highest BCUT2D eigenvalue weighted by Crippen LogP contribution is 2.45. The van der Waals surface area contributed by atoms with Gasteiger partial charge in [0.25, 0.3) is 0 Å². The molecule has 2 heterocycles. The van der Waals surface area contributed by atoms with Crippen LogP contribution in [0.2, 0.25) is 0 Å². The molecular formula is C12H12F3N3O. The van der Waals surface area contributed by atoms with Crippen molar-refractivity contribution < 1.29 is 19.1 Å². The van der Waals surface area contributed by atoms with Crippen LogP contribution in [0, 0.1) is 0 Å². The van der Waals surface area contributed by atoms with Crippen LogP contribution in [0.5, 0.6) is 0 Å². The average molecular weight is 272 g/mol. The third-order valence-corrected chi connectivity index (χ3v) is 3.47. The number of rotatable bonds is 1. The molecule has 0 saturated heterocycles. The van der Waals surface area contributed by atoms with Gasteiger partial charge in [-0.2, -0.15) is 18.3 Å². The van der Waals surface area contributed by atoms with Gasteiger partial charge in [-0.05, 0) is 19.3 Å². The smallest absolute Gasteiger partial charge is 0.356 e. The van der Waals surface area contributed by atoms with Crippen molar-refractivity contribution in [2.24, 2.45) is 0 Å². The summed E-state index contributed by atoms with van der Waals surface area (Å²) in [6.45, 7) is 2.58. The predicted octanol–water partition coefficient (Wildman–Crippen LogP) is 3.39. The van der Waals surface area contributed by atoms with Crippen LogP contribution in [0.3, 0.4) is 0 Å². The van der Waals surface area contributed by atoms with E-state index >= 15 is 0 Å². The van der Waals surface area contributed by atoms with Gasteiger partial charge in [-0.3, -0.25) is 5.10 Å². The standard InChI is InChI=1S/C12H12F3N3O/c1-5-3-8-7(4-16-17-8)11-9(5)10(18-19-11)6(2)12(13,14)15/h4-6H,3H2,1-2H3,(H,16,17)/t5-,6+/m0/s1/i6D. The van der Waals surface area contributed by atoms with Gasteiger partial charge in [-0.15, -0.1) is 0 Å². The van der Waals surface area contributed by atoms with Gasteiger partial charge in [0.05, 0.1) is 23.3 Å². The van der Waals surface area contributed by atoms with Gasteiger partial charge in [-0.25, -0.2) is 0 Å². The van der Waals surface area contributed by atoms with Gasteiger partial charge in [-0.1, -0.05) is 12.1 Å². The summed E-state index contributed by atoms with van der Waals surface area (Å²) in [7, 11) is 0. The van der Waals surface area contributed by atoms with E-state index in [1.807, 2.05) is 0 Å². The van der Waals surface area contributed by atoms with Gasteiger partial charge < -0.3 is 4.52 Å². The fraction of sp³-hybridized carbons (Fsp3) is 0.500. The maximum atomic E-state index is 13.0. The van der Waals surface area contributed by atoms with E-state index in [4.69, 9.17) is 5.89 Å². The van der Waals surface area contributed by atoms with E-state index in [1.165, 1.54) is 6.20 Å². The minimum atomic E-state index is -4.71. The SMILES string of the molecule is [2H][C@@](C)(c1noc2c1[C@@H](C)Cc1[nH]ncc1-2)C(F)(F)F. The Labute approximate surface area is 108 Å². The number of H-pyrrole nitrogens is 1. The number of aromatic nitrogens is 3. The van der Waals surface area contributed by atoms with Gasteiger partial charge in [0, 0.05) is 12.6 Å². The highest BCUT2D eigenvalue weighted by Gasteiger charge is 2.43. The predicted molar refractivity (Wildman–Crippen MR) is 60.7 cm³/mol. The number of alkyl halides is 3. The minimum Gasteiger partial charge on any atom is -0.356 e. The summed E-state index contributed by atoms with van der Waals surface area (Å²) < 4.78 is 51.9. The molecule has 2 aromatic rings. The Balaban J connectivity index is 2.20. The van der Waals surface area contributed by atoms with Gasteiger partial charge in [0.1, 0.15) is 0 Å². The Kier molecular flexibility index (Phi) is 2.24. The van der Waals surface area contributed by atoms with Gasteiger partial charge in [0.2, 0.25) is 0 Å². The topological polar surface area (TPSA) is 54.7 Å². The summed E-state index contributed by atoms with van der Waals surface area (Å²) in [5.74, 6) is -2.73. The Morgan fingerprint density at radius 2 is 2.32 bits per heavy atom. The van der Waals surface area contributed by atoms with Gasteiger partial charge >= 0.3 is 6.18 Å². The molecule has 19 heavy (non-hydrogen) atoms. The van der Waals surface area contributed by atoms with Gasteiger partial charge in [0.15, 0.2) is 5.76 Å². The van der Waals surface area contributed by atoms with Crippen molar-refractivity contribution in [1.82, 2.24) is 15.4 Å². The third kappa shape index (κ3) is 1.75. The van der Waals surface area contributed by atoms with E-state index < -0.39 is 12.1 Å². The fourth-order valence-corrected chi connectivity index (χ4v) is 2.43. The van der Waals surface area contributed by atoms with Crippen LogP contribution >= 0.6 is 0 Å². The molecule has 0 unspecified atom stereocenters. The molecule has 2 atom stereocenters. The zero-order valence-corrected chi connectivity index (χ0v) is 10.3. The number of aromatic amines is 1. The lowest BCUT2D eigenvalue weighted by Gasteiger charge is -2.20. The first-order chi connectivity index (χ1) is 9.23. The molecule has 4 nitrogen and oxygen atoms in total. The number of fused-ring (bicyclic) bond motifs is 3. The van der Waals surface area contributed by atoms with Crippen LogP contribution in [-0.4, -0.2) is 21.5 Å². The molecule has 0 amide bonds. The molecule has 1 aliphatic rings. The van der Waals surface area contributed by atoms with Crippen molar-refractivity contribution in [2.75, 3.05) is 0 Å². The zero-order chi connectivity index (χ0) is 14.7. The van der Waals surface area contributed by atoms with Crippen molar-refractivity contribution in [1.29, 1.82) is 0 Å². The molecule has 7 heteroatoms. The van der Waals surface area contributed by atoms with Crippen LogP contribution in [-0.2, 0) is 6.42 Å². The number of hydrogen-bond donors (Lipinski definition) is 1. The zero-order valence-electron chi connectivity index (χ0n) is 11.3. The van der Waals surface area contributed by atoms with E-state index in [2.05, 4.69) is 15.4 Å². The quantitative estimate of drug-likeness (QED) is 0.865. The minimum absolute atomic E-state index is 0.216. The molecule has 0 saturated carbocycles. The van der Waals surface area contributed by atoms with Crippen molar-refractivity contribution in [3.63, 3.8) is 0 Å². The van der Waals surface area contributed by atoms with Crippen molar-refractivity contribution in [3.05, 3.63) is 23.1 Å². The highest BCUT2D eigenvalue weighted by molar-refractivity contribution is 5.67. The number of halogens is 3. The second kappa shape index (κ2) is 3.85. The molecule has 1 aliphatic carbocycles. The van der Waals surface area contributed by atoms with Crippen molar-refractivity contribution in [3.8, 4) is 11.3 Å². The van der Waals surface area contributed by atoms with Crippen LogP contribution < -0.4 is 0 Å². The van der Waals surface area contributed by atoms with Crippen molar-refractivity contribution in [2.45, 2.75) is 38.3 Å². The third-order valence-electron chi connectivity index (χ3n) is 3.47. The molecule has 0 spiro atoms. The number of hydrogen-bond acceptors (Lipinski definition) is 3. The Bertz CT molecular complexity index is 659. The number of nitrogens with zero attached hydrogens (tertiary/aromatic N) is 2. The monoisotopic (exact) mass is 272 g/mol. The first kappa shape index (κ1) is 11.1. The lowest BCUT2D eigenvalue weighted by atomic mass is 9.84. The molecule has 0 bridgehead atoms. The highest BCUT2D eigenvalue weighted by atomic mass is 19.4. The molecule has 1 N–H and O–H groups in total. The van der Waals surface area contributed by atoms with Crippen LogP contribution in [0.25, 0.3) is 11.3 Å². The molecule has 0 radical (unpaired) electrons. The second-order valence-electron chi connectivity index (χ2n) is 4.76. The lowest BCUT2D eigenvalue weighted by Crippen LogP contribution is -2.20. The largest absolute Gasteiger partial charge is 0.397 e. The number of nitrogens with one attached hydrogen (secondary N) is 1. The summed E-state index contributed by atoms with van der Waals surface area (Å²) >= 11 is 0. The van der Waals surface area contributed by atoms with Crippen LogP contribution in [0.15, 0.2) is 10.7 Å². The van der Waals surface area contributed by atoms with E-state index in [1.54, 1.807) is 6.92 Å². The summed E-state index contributed by atoms with van der Waals surface area (Å²) in [6, 6.07) is 0. The first-order valence-corrected chi connectivity index (χ1v) is 5.83. The summed E-state index contributed by atoms with van der Waals surface area (Å²) in [4.78, 5) is 0. The Hall–Kier alpha value is -1.79. The maximum Gasteiger partial charge on any atom is 0.397 e. The first-order valence-electron chi connectivity index (χ1n) is 6.33. The van der Waals surface area contributed by atoms with E-state index in [0.717, 1.165) is 12.6 Å². The van der Waals surface area contributed by atoms with E-state index in [9.17, 15) is 13.2 Å². The van der Waals surface area contributed by atoms with E-state index in [-0.39, 0.29) is 17.4 Å². The van der Waals surface area contributed by atoms with Crippen molar-refractivity contribution >= 4 is 0 Å². The summed E-state index contributed by atoms with van der Waals surface area (Å²) in [5.41, 5.74) is 1.43. The summed E-state index contributed by atoms with van der Waals surface area (Å²) in [6.07, 6.45) is -2.69. The molecule has 3 rings (SSSR count). The maximum absolute atomic E-state index is 13.0. The molecular weight excluding hydrogens is 259 g/mol. The Morgan fingerprint density at radius 3 is 3.00 bits per heavy atom.